The summed E-state index contributed by atoms with van der Waals surface area (Å²) in [6.07, 6.45) is 0.789. The molecule has 3 atom stereocenters. The van der Waals surface area contributed by atoms with Gasteiger partial charge in [-0.2, -0.15) is 0 Å². The number of nitrogens with one attached hydrogen (secondary N) is 1. The minimum Gasteiger partial charge on any atom is -0.352 e. The summed E-state index contributed by atoms with van der Waals surface area (Å²) in [7, 11) is 0. The summed E-state index contributed by atoms with van der Waals surface area (Å²) in [5.41, 5.74) is 0.971. The number of nitrogens with zero attached hydrogens (tertiary/aromatic N) is 1. The molecule has 2 aromatic rings. The number of hydrogen-bond donors (Lipinski definition) is 1. The van der Waals surface area contributed by atoms with Crippen molar-refractivity contribution in [2.45, 2.75) is 37.7 Å². The zero-order chi connectivity index (χ0) is 20.3. The highest BCUT2D eigenvalue weighted by Crippen LogP contribution is 2.43. The van der Waals surface area contributed by atoms with E-state index in [9.17, 15) is 14.0 Å². The van der Waals surface area contributed by atoms with Crippen LogP contribution in [0.25, 0.3) is 0 Å². The molecule has 28 heavy (non-hydrogen) atoms. The minimum atomic E-state index is -0.656. The maximum absolute atomic E-state index is 13.8. The van der Waals surface area contributed by atoms with Crippen molar-refractivity contribution in [1.82, 2.24) is 10.2 Å². The second kappa shape index (κ2) is 8.97. The maximum atomic E-state index is 13.8. The molecule has 2 aromatic carbocycles. The Hall–Kier alpha value is -2.05. The highest BCUT2D eigenvalue weighted by Gasteiger charge is 2.43. The Balaban J connectivity index is 1.98. The van der Waals surface area contributed by atoms with Crippen LogP contribution in [0.4, 0.5) is 4.39 Å². The van der Waals surface area contributed by atoms with Crippen molar-refractivity contribution in [1.29, 1.82) is 0 Å². The van der Waals surface area contributed by atoms with Gasteiger partial charge in [-0.1, -0.05) is 42.8 Å². The first kappa shape index (κ1) is 20.7. The number of hydrogen-bond acceptors (Lipinski definition) is 3. The van der Waals surface area contributed by atoms with Gasteiger partial charge < -0.3 is 10.2 Å². The molecule has 0 aliphatic carbocycles. The predicted molar refractivity (Wildman–Crippen MR) is 111 cm³/mol. The van der Waals surface area contributed by atoms with Gasteiger partial charge in [0, 0.05) is 11.8 Å². The molecule has 2 amide bonds. The lowest BCUT2D eigenvalue weighted by molar-refractivity contribution is -0.125. The fourth-order valence-electron chi connectivity index (χ4n) is 3.09. The van der Waals surface area contributed by atoms with Crippen LogP contribution in [0.3, 0.4) is 0 Å². The first-order valence-corrected chi connectivity index (χ1v) is 10.6. The van der Waals surface area contributed by atoms with Crippen LogP contribution in [0.2, 0.25) is 5.02 Å². The minimum absolute atomic E-state index is 0.00276. The van der Waals surface area contributed by atoms with E-state index >= 15 is 0 Å². The largest absolute Gasteiger partial charge is 0.352 e. The van der Waals surface area contributed by atoms with Crippen molar-refractivity contribution < 1.29 is 14.0 Å². The van der Waals surface area contributed by atoms with E-state index in [1.807, 2.05) is 13.8 Å². The Morgan fingerprint density at radius 2 is 2.04 bits per heavy atom. The standard InChI is InChI=1S/C21H22ClFN2O2S/c1-3-13(2)24-19(26)18-12-28-21(14-7-6-8-15(23)11-14)25(18)20(27)16-9-4-5-10-17(16)22/h4-11,13,18,21H,3,12H2,1-2H3,(H,24,26). The van der Waals surface area contributed by atoms with Gasteiger partial charge in [-0.3, -0.25) is 9.59 Å². The van der Waals surface area contributed by atoms with Gasteiger partial charge in [0.05, 0.1) is 10.6 Å². The van der Waals surface area contributed by atoms with Crippen LogP contribution in [0.1, 0.15) is 41.6 Å². The Bertz CT molecular complexity index is 879. The Kier molecular flexibility index (Phi) is 6.62. The van der Waals surface area contributed by atoms with Crippen molar-refractivity contribution in [2.24, 2.45) is 0 Å². The zero-order valence-electron chi connectivity index (χ0n) is 15.7. The van der Waals surface area contributed by atoms with Crippen LogP contribution in [0.5, 0.6) is 0 Å². The van der Waals surface area contributed by atoms with Gasteiger partial charge in [0.25, 0.3) is 5.91 Å². The molecule has 0 radical (unpaired) electrons. The molecular formula is C21H22ClFN2O2S. The molecule has 1 aliphatic rings. The Morgan fingerprint density at radius 1 is 1.29 bits per heavy atom. The lowest BCUT2D eigenvalue weighted by Gasteiger charge is -2.30. The summed E-state index contributed by atoms with van der Waals surface area (Å²) in [6, 6.07) is 12.2. The van der Waals surface area contributed by atoms with E-state index in [4.69, 9.17) is 11.6 Å². The fraction of sp³-hybridized carbons (Fsp3) is 0.333. The Morgan fingerprint density at radius 3 is 2.71 bits per heavy atom. The molecule has 1 heterocycles. The summed E-state index contributed by atoms with van der Waals surface area (Å²) >= 11 is 7.68. The number of benzene rings is 2. The molecule has 3 unspecified atom stereocenters. The molecule has 0 spiro atoms. The van der Waals surface area contributed by atoms with E-state index in [1.165, 1.54) is 28.8 Å². The molecular weight excluding hydrogens is 399 g/mol. The van der Waals surface area contributed by atoms with Crippen molar-refractivity contribution >= 4 is 35.2 Å². The molecule has 7 heteroatoms. The van der Waals surface area contributed by atoms with Crippen LogP contribution in [0, 0.1) is 5.82 Å². The van der Waals surface area contributed by atoms with E-state index in [2.05, 4.69) is 5.32 Å². The predicted octanol–water partition coefficient (Wildman–Crippen LogP) is 4.65. The lowest BCUT2D eigenvalue weighted by atomic mass is 10.1. The Labute approximate surface area is 173 Å². The van der Waals surface area contributed by atoms with E-state index in [-0.39, 0.29) is 23.7 Å². The number of carbonyl (C=O) groups is 2. The molecule has 1 saturated heterocycles. The molecule has 148 valence electrons. The van der Waals surface area contributed by atoms with Gasteiger partial charge in [0.1, 0.15) is 17.2 Å². The van der Waals surface area contributed by atoms with Crippen LogP contribution in [-0.2, 0) is 4.79 Å². The van der Waals surface area contributed by atoms with Crippen LogP contribution in [0.15, 0.2) is 48.5 Å². The normalized spacial score (nSPS) is 20.1. The lowest BCUT2D eigenvalue weighted by Crippen LogP contribution is -2.50. The van der Waals surface area contributed by atoms with Crippen LogP contribution in [-0.4, -0.2) is 34.6 Å². The summed E-state index contributed by atoms with van der Waals surface area (Å²) in [6.45, 7) is 3.90. The van der Waals surface area contributed by atoms with E-state index < -0.39 is 11.4 Å². The molecule has 3 rings (SSSR count). The van der Waals surface area contributed by atoms with Gasteiger partial charge in [-0.05, 0) is 43.2 Å². The third-order valence-corrected chi connectivity index (χ3v) is 6.43. The zero-order valence-corrected chi connectivity index (χ0v) is 17.3. The number of rotatable bonds is 5. The second-order valence-corrected chi connectivity index (χ2v) is 8.29. The third-order valence-electron chi connectivity index (χ3n) is 4.78. The van der Waals surface area contributed by atoms with Crippen molar-refractivity contribution in [3.8, 4) is 0 Å². The average molecular weight is 421 g/mol. The van der Waals surface area contributed by atoms with Gasteiger partial charge in [-0.15, -0.1) is 11.8 Å². The number of halogens is 2. The van der Waals surface area contributed by atoms with Crippen molar-refractivity contribution in [2.75, 3.05) is 5.75 Å². The third kappa shape index (κ3) is 4.33. The number of carbonyl (C=O) groups excluding carboxylic acids is 2. The molecule has 1 fully saturated rings. The second-order valence-electron chi connectivity index (χ2n) is 6.77. The highest BCUT2D eigenvalue weighted by atomic mass is 35.5. The van der Waals surface area contributed by atoms with E-state index in [0.29, 0.717) is 21.9 Å². The molecule has 1 aliphatic heterocycles. The van der Waals surface area contributed by atoms with Crippen molar-refractivity contribution in [3.05, 3.63) is 70.5 Å². The topological polar surface area (TPSA) is 49.4 Å². The summed E-state index contributed by atoms with van der Waals surface area (Å²) in [5.74, 6) is -0.495. The van der Waals surface area contributed by atoms with Gasteiger partial charge >= 0.3 is 0 Å². The SMILES string of the molecule is CCC(C)NC(=O)C1CSC(c2cccc(F)c2)N1C(=O)c1ccccc1Cl. The first-order valence-electron chi connectivity index (χ1n) is 9.17. The molecule has 0 bridgehead atoms. The summed E-state index contributed by atoms with van der Waals surface area (Å²) < 4.78 is 13.8. The van der Waals surface area contributed by atoms with Gasteiger partial charge in [-0.25, -0.2) is 4.39 Å². The number of amides is 2. The van der Waals surface area contributed by atoms with Crippen molar-refractivity contribution in [3.63, 3.8) is 0 Å². The number of thioether (sulfide) groups is 1. The summed E-state index contributed by atoms with van der Waals surface area (Å²) in [4.78, 5) is 27.8. The van der Waals surface area contributed by atoms with E-state index in [1.54, 1.807) is 36.4 Å². The van der Waals surface area contributed by atoms with Gasteiger partial charge in [0.15, 0.2) is 0 Å². The highest BCUT2D eigenvalue weighted by molar-refractivity contribution is 7.99. The fourth-order valence-corrected chi connectivity index (χ4v) is 4.72. The van der Waals surface area contributed by atoms with Crippen LogP contribution < -0.4 is 5.32 Å². The van der Waals surface area contributed by atoms with Crippen LogP contribution >= 0.6 is 23.4 Å². The molecule has 0 aromatic heterocycles. The quantitative estimate of drug-likeness (QED) is 0.765. The molecule has 4 nitrogen and oxygen atoms in total. The first-order chi connectivity index (χ1) is 13.4. The smallest absolute Gasteiger partial charge is 0.257 e. The maximum Gasteiger partial charge on any atom is 0.257 e. The van der Waals surface area contributed by atoms with Gasteiger partial charge in [0.2, 0.25) is 5.91 Å². The monoisotopic (exact) mass is 420 g/mol. The summed E-state index contributed by atoms with van der Waals surface area (Å²) in [5, 5.41) is 2.81. The molecule has 0 saturated carbocycles. The average Bonchev–Trinajstić information content (AvgIpc) is 3.13. The molecule has 1 N–H and O–H groups in total. The van der Waals surface area contributed by atoms with E-state index in [0.717, 1.165) is 6.42 Å².